The molecule has 0 saturated heterocycles. The van der Waals surface area contributed by atoms with Crippen LogP contribution in [0.25, 0.3) is 0 Å². The van der Waals surface area contributed by atoms with Gasteiger partial charge in [-0.15, -0.1) is 0 Å². The van der Waals surface area contributed by atoms with Crippen LogP contribution in [0.1, 0.15) is 37.8 Å². The molecule has 74 valence electrons. The van der Waals surface area contributed by atoms with Crippen molar-refractivity contribution in [3.05, 3.63) is 35.1 Å². The molecular weight excluding hydrogens is 177 g/mol. The van der Waals surface area contributed by atoms with Crippen LogP contribution in [0.15, 0.2) is 18.2 Å². The summed E-state index contributed by atoms with van der Waals surface area (Å²) in [5.41, 5.74) is 1.16. The molecule has 0 aliphatic heterocycles. The Morgan fingerprint density at radius 1 is 1.29 bits per heavy atom. The van der Waals surface area contributed by atoms with E-state index in [0.29, 0.717) is 17.0 Å². The van der Waals surface area contributed by atoms with E-state index in [0.717, 1.165) is 0 Å². The Morgan fingerprint density at radius 2 is 1.93 bits per heavy atom. The molecule has 1 aromatic carbocycles. The lowest BCUT2D eigenvalue weighted by molar-refractivity contribution is 0.501. The molecule has 0 heterocycles. The van der Waals surface area contributed by atoms with Crippen molar-refractivity contribution in [2.45, 2.75) is 26.7 Å². The van der Waals surface area contributed by atoms with E-state index in [1.54, 1.807) is 6.07 Å². The minimum atomic E-state index is -0.217. The molecule has 14 heavy (non-hydrogen) atoms. The SMILES string of the molecule is CC(C)C(C)c1cc(C#N)ccc1F. The quantitative estimate of drug-likeness (QED) is 0.702. The molecule has 0 aliphatic carbocycles. The zero-order chi connectivity index (χ0) is 10.7. The van der Waals surface area contributed by atoms with Crippen molar-refractivity contribution in [3.63, 3.8) is 0 Å². The second kappa shape index (κ2) is 4.23. The van der Waals surface area contributed by atoms with Gasteiger partial charge in [0.05, 0.1) is 11.6 Å². The molecule has 1 aromatic rings. The fraction of sp³-hybridized carbons (Fsp3) is 0.417. The number of rotatable bonds is 2. The summed E-state index contributed by atoms with van der Waals surface area (Å²) >= 11 is 0. The lowest BCUT2D eigenvalue weighted by atomic mass is 9.89. The monoisotopic (exact) mass is 191 g/mol. The van der Waals surface area contributed by atoms with E-state index in [9.17, 15) is 4.39 Å². The summed E-state index contributed by atoms with van der Waals surface area (Å²) in [5.74, 6) is 0.298. The van der Waals surface area contributed by atoms with Crippen molar-refractivity contribution in [2.24, 2.45) is 5.92 Å². The third-order valence-corrected chi connectivity index (χ3v) is 2.62. The summed E-state index contributed by atoms with van der Waals surface area (Å²) in [7, 11) is 0. The highest BCUT2D eigenvalue weighted by molar-refractivity contribution is 5.35. The lowest BCUT2D eigenvalue weighted by Gasteiger charge is -2.16. The maximum absolute atomic E-state index is 13.4. The van der Waals surface area contributed by atoms with Crippen LogP contribution in [0.5, 0.6) is 0 Å². The fourth-order valence-corrected chi connectivity index (χ4v) is 1.32. The Balaban J connectivity index is 3.13. The van der Waals surface area contributed by atoms with Gasteiger partial charge in [0, 0.05) is 0 Å². The van der Waals surface area contributed by atoms with Crippen LogP contribution < -0.4 is 0 Å². The second-order valence-corrected chi connectivity index (χ2v) is 3.88. The minimum absolute atomic E-state index is 0.142. The molecule has 0 spiro atoms. The molecule has 2 heteroatoms. The minimum Gasteiger partial charge on any atom is -0.207 e. The molecule has 0 aromatic heterocycles. The number of nitrogens with zero attached hydrogens (tertiary/aromatic N) is 1. The standard InChI is InChI=1S/C12H14FN/c1-8(2)9(3)11-6-10(7-14)4-5-12(11)13/h4-6,8-9H,1-3H3. The maximum Gasteiger partial charge on any atom is 0.126 e. The number of benzene rings is 1. The van der Waals surface area contributed by atoms with E-state index in [4.69, 9.17) is 5.26 Å². The first-order chi connectivity index (χ1) is 6.56. The van der Waals surface area contributed by atoms with Crippen LogP contribution in [0.2, 0.25) is 0 Å². The zero-order valence-corrected chi connectivity index (χ0v) is 8.71. The first-order valence-electron chi connectivity index (χ1n) is 4.75. The summed E-state index contributed by atoms with van der Waals surface area (Å²) in [5, 5.41) is 8.70. The van der Waals surface area contributed by atoms with E-state index < -0.39 is 0 Å². The van der Waals surface area contributed by atoms with Gasteiger partial charge >= 0.3 is 0 Å². The summed E-state index contributed by atoms with van der Waals surface area (Å²) < 4.78 is 13.4. The normalized spacial score (nSPS) is 12.6. The van der Waals surface area contributed by atoms with Crippen molar-refractivity contribution in [3.8, 4) is 6.07 Å². The average molecular weight is 191 g/mol. The molecule has 0 amide bonds. The van der Waals surface area contributed by atoms with E-state index in [1.807, 2.05) is 26.8 Å². The number of hydrogen-bond acceptors (Lipinski definition) is 1. The van der Waals surface area contributed by atoms with Crippen LogP contribution in [-0.2, 0) is 0 Å². The van der Waals surface area contributed by atoms with Crippen LogP contribution >= 0.6 is 0 Å². The van der Waals surface area contributed by atoms with Crippen LogP contribution in [0.4, 0.5) is 4.39 Å². The van der Waals surface area contributed by atoms with Crippen LogP contribution in [-0.4, -0.2) is 0 Å². The highest BCUT2D eigenvalue weighted by Crippen LogP contribution is 2.26. The second-order valence-electron chi connectivity index (χ2n) is 3.88. The fourth-order valence-electron chi connectivity index (χ4n) is 1.32. The van der Waals surface area contributed by atoms with E-state index in [1.165, 1.54) is 12.1 Å². The Labute approximate surface area is 84.2 Å². The topological polar surface area (TPSA) is 23.8 Å². The van der Waals surface area contributed by atoms with Gasteiger partial charge in [-0.25, -0.2) is 4.39 Å². The summed E-state index contributed by atoms with van der Waals surface area (Å²) in [6.45, 7) is 6.07. The van der Waals surface area contributed by atoms with Crippen molar-refractivity contribution in [2.75, 3.05) is 0 Å². The summed E-state index contributed by atoms with van der Waals surface area (Å²) in [4.78, 5) is 0. The van der Waals surface area contributed by atoms with Gasteiger partial charge in [0.15, 0.2) is 0 Å². The molecule has 0 bridgehead atoms. The molecule has 0 saturated carbocycles. The van der Waals surface area contributed by atoms with Crippen molar-refractivity contribution in [1.29, 1.82) is 5.26 Å². The molecule has 1 atom stereocenters. The number of halogens is 1. The Morgan fingerprint density at radius 3 is 2.43 bits per heavy atom. The van der Waals surface area contributed by atoms with Crippen molar-refractivity contribution < 1.29 is 4.39 Å². The molecular formula is C12H14FN. The van der Waals surface area contributed by atoms with Crippen molar-refractivity contribution in [1.82, 2.24) is 0 Å². The molecule has 0 fully saturated rings. The van der Waals surface area contributed by atoms with Gasteiger partial charge < -0.3 is 0 Å². The molecule has 1 rings (SSSR count). The molecule has 0 N–H and O–H groups in total. The van der Waals surface area contributed by atoms with Gasteiger partial charge in [0.25, 0.3) is 0 Å². The van der Waals surface area contributed by atoms with Crippen molar-refractivity contribution >= 4 is 0 Å². The Hall–Kier alpha value is -1.36. The molecule has 1 unspecified atom stereocenters. The molecule has 1 nitrogen and oxygen atoms in total. The zero-order valence-electron chi connectivity index (χ0n) is 8.71. The largest absolute Gasteiger partial charge is 0.207 e. The van der Waals surface area contributed by atoms with Crippen LogP contribution in [0.3, 0.4) is 0 Å². The third kappa shape index (κ3) is 2.11. The van der Waals surface area contributed by atoms with Gasteiger partial charge in [-0.3, -0.25) is 0 Å². The highest BCUT2D eigenvalue weighted by Gasteiger charge is 2.14. The predicted molar refractivity (Wildman–Crippen MR) is 54.4 cm³/mol. The maximum atomic E-state index is 13.4. The Bertz CT molecular complexity index is 363. The predicted octanol–water partition coefficient (Wildman–Crippen LogP) is 3.46. The molecule has 0 aliphatic rings. The van der Waals surface area contributed by atoms with Gasteiger partial charge in [-0.2, -0.15) is 5.26 Å². The first-order valence-corrected chi connectivity index (χ1v) is 4.75. The Kier molecular flexibility index (Phi) is 3.24. The number of hydrogen-bond donors (Lipinski definition) is 0. The van der Waals surface area contributed by atoms with Gasteiger partial charge in [-0.05, 0) is 35.6 Å². The van der Waals surface area contributed by atoms with Gasteiger partial charge in [-0.1, -0.05) is 20.8 Å². The number of nitriles is 1. The van der Waals surface area contributed by atoms with E-state index in [2.05, 4.69) is 0 Å². The van der Waals surface area contributed by atoms with Gasteiger partial charge in [0.2, 0.25) is 0 Å². The smallest absolute Gasteiger partial charge is 0.126 e. The third-order valence-electron chi connectivity index (χ3n) is 2.62. The van der Waals surface area contributed by atoms with E-state index >= 15 is 0 Å². The lowest BCUT2D eigenvalue weighted by Crippen LogP contribution is -2.04. The average Bonchev–Trinajstić information content (AvgIpc) is 2.17. The summed E-state index contributed by atoms with van der Waals surface area (Å²) in [6, 6.07) is 6.53. The first kappa shape index (κ1) is 10.7. The van der Waals surface area contributed by atoms with E-state index in [-0.39, 0.29) is 11.7 Å². The van der Waals surface area contributed by atoms with Gasteiger partial charge in [0.1, 0.15) is 5.82 Å². The summed E-state index contributed by atoms with van der Waals surface area (Å²) in [6.07, 6.45) is 0. The highest BCUT2D eigenvalue weighted by atomic mass is 19.1. The van der Waals surface area contributed by atoms with Crippen LogP contribution in [0, 0.1) is 23.1 Å². The molecule has 0 radical (unpaired) electrons.